The van der Waals surface area contributed by atoms with Crippen LogP contribution in [-0.4, -0.2) is 5.78 Å². The van der Waals surface area contributed by atoms with E-state index in [4.69, 9.17) is 5.73 Å². The van der Waals surface area contributed by atoms with E-state index >= 15 is 0 Å². The third-order valence-electron chi connectivity index (χ3n) is 2.61. The lowest BCUT2D eigenvalue weighted by Crippen LogP contribution is -2.07. The van der Waals surface area contributed by atoms with Crippen LogP contribution in [0.25, 0.3) is 0 Å². The number of Topliss-reactive ketones (excluding diaryl/α,β-unsaturated/α-hetero) is 1. The van der Waals surface area contributed by atoms with Crippen LogP contribution >= 0.6 is 0 Å². The number of anilines is 1. The summed E-state index contributed by atoms with van der Waals surface area (Å²) in [4.78, 5) is 11.9. The van der Waals surface area contributed by atoms with Gasteiger partial charge in [-0.05, 0) is 24.3 Å². The van der Waals surface area contributed by atoms with E-state index in [9.17, 15) is 13.6 Å². The van der Waals surface area contributed by atoms with Gasteiger partial charge < -0.3 is 5.73 Å². The number of ketones is 1. The summed E-state index contributed by atoms with van der Waals surface area (Å²) >= 11 is 0. The van der Waals surface area contributed by atoms with Crippen molar-refractivity contribution in [3.63, 3.8) is 0 Å². The molecule has 0 unspecified atom stereocenters. The molecule has 0 aromatic heterocycles. The van der Waals surface area contributed by atoms with Crippen LogP contribution in [0.5, 0.6) is 0 Å². The fourth-order valence-corrected chi connectivity index (χ4v) is 1.68. The summed E-state index contributed by atoms with van der Waals surface area (Å²) in [5.74, 6) is -1.80. The Hall–Kier alpha value is -2.23. The zero-order chi connectivity index (χ0) is 13.1. The Morgan fingerprint density at radius 3 is 2.28 bits per heavy atom. The molecule has 0 fully saturated rings. The summed E-state index contributed by atoms with van der Waals surface area (Å²) < 4.78 is 26.8. The van der Waals surface area contributed by atoms with Crippen molar-refractivity contribution in [2.45, 2.75) is 6.42 Å². The van der Waals surface area contributed by atoms with E-state index < -0.39 is 11.6 Å². The average molecular weight is 247 g/mol. The van der Waals surface area contributed by atoms with Crippen LogP contribution in [0.1, 0.15) is 15.9 Å². The molecule has 0 radical (unpaired) electrons. The fraction of sp³-hybridized carbons (Fsp3) is 0.0714. The number of hydrogen-bond donors (Lipinski definition) is 1. The van der Waals surface area contributed by atoms with Gasteiger partial charge >= 0.3 is 0 Å². The summed E-state index contributed by atoms with van der Waals surface area (Å²) in [6.07, 6.45) is -0.318. The Labute approximate surface area is 103 Å². The van der Waals surface area contributed by atoms with Crippen LogP contribution in [0.4, 0.5) is 14.5 Å². The van der Waals surface area contributed by atoms with Gasteiger partial charge in [-0.2, -0.15) is 0 Å². The number of halogens is 2. The zero-order valence-electron chi connectivity index (χ0n) is 9.49. The van der Waals surface area contributed by atoms with Gasteiger partial charge in [0.25, 0.3) is 0 Å². The molecule has 2 aromatic rings. The molecule has 2 N–H and O–H groups in total. The van der Waals surface area contributed by atoms with E-state index in [1.165, 1.54) is 12.1 Å². The molecule has 2 rings (SSSR count). The molecule has 0 aliphatic rings. The number of carbonyl (C=O) groups is 1. The molecule has 92 valence electrons. The van der Waals surface area contributed by atoms with Crippen molar-refractivity contribution in [1.29, 1.82) is 0 Å². The topological polar surface area (TPSA) is 43.1 Å². The Morgan fingerprint density at radius 1 is 1.06 bits per heavy atom. The van der Waals surface area contributed by atoms with E-state index in [0.717, 1.165) is 12.1 Å². The lowest BCUT2D eigenvalue weighted by Gasteiger charge is -2.05. The quantitative estimate of drug-likeness (QED) is 0.669. The summed E-state index contributed by atoms with van der Waals surface area (Å²) in [7, 11) is 0. The van der Waals surface area contributed by atoms with Crippen molar-refractivity contribution in [1.82, 2.24) is 0 Å². The molecule has 0 bridgehead atoms. The summed E-state index contributed by atoms with van der Waals surface area (Å²) in [6.45, 7) is 0. The molecule has 0 amide bonds. The standard InChI is InChI=1S/C14H11F2NO/c15-12-5-2-6-13(16)11(12)8-14(18)9-3-1-4-10(17)7-9/h1-7H,8,17H2. The molecule has 0 saturated carbocycles. The van der Waals surface area contributed by atoms with E-state index in [-0.39, 0.29) is 17.8 Å². The highest BCUT2D eigenvalue weighted by atomic mass is 19.1. The van der Waals surface area contributed by atoms with E-state index in [2.05, 4.69) is 0 Å². The largest absolute Gasteiger partial charge is 0.399 e. The number of nitrogen functional groups attached to an aromatic ring is 1. The summed E-state index contributed by atoms with van der Waals surface area (Å²) in [5.41, 5.74) is 6.12. The van der Waals surface area contributed by atoms with Gasteiger partial charge in [-0.15, -0.1) is 0 Å². The second-order valence-electron chi connectivity index (χ2n) is 3.93. The number of hydrogen-bond acceptors (Lipinski definition) is 2. The highest BCUT2D eigenvalue weighted by molar-refractivity contribution is 5.98. The Balaban J connectivity index is 2.27. The van der Waals surface area contributed by atoms with Crippen LogP contribution in [0, 0.1) is 11.6 Å². The maximum absolute atomic E-state index is 13.4. The number of rotatable bonds is 3. The molecule has 0 saturated heterocycles. The van der Waals surface area contributed by atoms with Crippen molar-refractivity contribution >= 4 is 11.5 Å². The van der Waals surface area contributed by atoms with Gasteiger partial charge in [-0.3, -0.25) is 4.79 Å². The summed E-state index contributed by atoms with van der Waals surface area (Å²) in [6, 6.07) is 9.84. The molecule has 0 heterocycles. The maximum atomic E-state index is 13.4. The molecule has 4 heteroatoms. The fourth-order valence-electron chi connectivity index (χ4n) is 1.68. The van der Waals surface area contributed by atoms with Crippen LogP contribution in [-0.2, 0) is 6.42 Å². The van der Waals surface area contributed by atoms with Gasteiger partial charge in [0.15, 0.2) is 5.78 Å². The summed E-state index contributed by atoms with van der Waals surface area (Å²) in [5, 5.41) is 0. The first-order valence-electron chi connectivity index (χ1n) is 5.39. The maximum Gasteiger partial charge on any atom is 0.167 e. The highest BCUT2D eigenvalue weighted by Gasteiger charge is 2.14. The van der Waals surface area contributed by atoms with Gasteiger partial charge in [-0.25, -0.2) is 8.78 Å². The van der Waals surface area contributed by atoms with Gasteiger partial charge in [0.05, 0.1) is 0 Å². The van der Waals surface area contributed by atoms with Crippen molar-refractivity contribution in [2.24, 2.45) is 0 Å². The van der Waals surface area contributed by atoms with E-state index in [1.807, 2.05) is 0 Å². The Kier molecular flexibility index (Phi) is 3.37. The second kappa shape index (κ2) is 4.96. The molecule has 2 nitrogen and oxygen atoms in total. The number of benzene rings is 2. The van der Waals surface area contributed by atoms with Crippen molar-refractivity contribution in [3.05, 3.63) is 65.2 Å². The van der Waals surface area contributed by atoms with Crippen molar-refractivity contribution < 1.29 is 13.6 Å². The minimum Gasteiger partial charge on any atom is -0.399 e. The number of carbonyl (C=O) groups excluding carboxylic acids is 1. The first-order chi connectivity index (χ1) is 8.58. The molecule has 0 atom stereocenters. The molecular formula is C14H11F2NO. The Bertz CT molecular complexity index is 576. The van der Waals surface area contributed by atoms with E-state index in [1.54, 1.807) is 18.2 Å². The van der Waals surface area contributed by atoms with Gasteiger partial charge in [-0.1, -0.05) is 18.2 Å². The predicted octanol–water partition coefficient (Wildman–Crippen LogP) is 2.97. The minimum absolute atomic E-state index is 0.218. The molecule has 0 aliphatic carbocycles. The molecule has 0 aliphatic heterocycles. The average Bonchev–Trinajstić information content (AvgIpc) is 2.34. The normalized spacial score (nSPS) is 10.3. The molecule has 2 aromatic carbocycles. The van der Waals surface area contributed by atoms with E-state index in [0.29, 0.717) is 11.3 Å². The lowest BCUT2D eigenvalue weighted by molar-refractivity contribution is 0.0990. The number of nitrogens with two attached hydrogens (primary N) is 1. The van der Waals surface area contributed by atoms with Gasteiger partial charge in [0.1, 0.15) is 11.6 Å². The van der Waals surface area contributed by atoms with Crippen LogP contribution in [0.3, 0.4) is 0 Å². The first kappa shape index (κ1) is 12.2. The van der Waals surface area contributed by atoms with Crippen LogP contribution < -0.4 is 5.73 Å². The Morgan fingerprint density at radius 2 is 1.67 bits per heavy atom. The third kappa shape index (κ3) is 2.53. The van der Waals surface area contributed by atoms with Crippen LogP contribution in [0.15, 0.2) is 42.5 Å². The molecule has 0 spiro atoms. The molecular weight excluding hydrogens is 236 g/mol. The van der Waals surface area contributed by atoms with Gasteiger partial charge in [0, 0.05) is 23.2 Å². The van der Waals surface area contributed by atoms with Crippen molar-refractivity contribution in [3.8, 4) is 0 Å². The zero-order valence-corrected chi connectivity index (χ0v) is 9.49. The molecule has 18 heavy (non-hydrogen) atoms. The SMILES string of the molecule is Nc1cccc(C(=O)Cc2c(F)cccc2F)c1. The lowest BCUT2D eigenvalue weighted by atomic mass is 10.0. The highest BCUT2D eigenvalue weighted by Crippen LogP contribution is 2.16. The second-order valence-corrected chi connectivity index (χ2v) is 3.93. The smallest absolute Gasteiger partial charge is 0.167 e. The first-order valence-corrected chi connectivity index (χ1v) is 5.39. The third-order valence-corrected chi connectivity index (χ3v) is 2.61. The van der Waals surface area contributed by atoms with Crippen LogP contribution in [0.2, 0.25) is 0 Å². The predicted molar refractivity (Wildman–Crippen MR) is 65.2 cm³/mol. The van der Waals surface area contributed by atoms with Gasteiger partial charge in [0.2, 0.25) is 0 Å². The monoisotopic (exact) mass is 247 g/mol. The minimum atomic E-state index is -0.716. The van der Waals surface area contributed by atoms with Crippen molar-refractivity contribution in [2.75, 3.05) is 5.73 Å².